The van der Waals surface area contributed by atoms with Crippen LogP contribution in [0.4, 0.5) is 0 Å². The second-order valence-corrected chi connectivity index (χ2v) is 3.19. The lowest BCUT2D eigenvalue weighted by Gasteiger charge is -2.10. The summed E-state index contributed by atoms with van der Waals surface area (Å²) in [5.74, 6) is -0.565. The molecule has 1 heterocycles. The molecule has 15 heavy (non-hydrogen) atoms. The van der Waals surface area contributed by atoms with Gasteiger partial charge in [-0.2, -0.15) is 0 Å². The van der Waals surface area contributed by atoms with Gasteiger partial charge in [0.05, 0.1) is 0 Å². The summed E-state index contributed by atoms with van der Waals surface area (Å²) >= 11 is 0. The molecule has 0 saturated carbocycles. The van der Waals surface area contributed by atoms with E-state index in [1.165, 1.54) is 10.8 Å². The highest BCUT2D eigenvalue weighted by atomic mass is 16.4. The van der Waals surface area contributed by atoms with E-state index in [1.54, 1.807) is 12.3 Å². The largest absolute Gasteiger partial charge is 0.480 e. The van der Waals surface area contributed by atoms with Gasteiger partial charge in [-0.3, -0.25) is 4.79 Å². The number of carbonyl (C=O) groups is 1. The summed E-state index contributed by atoms with van der Waals surface area (Å²) in [5, 5.41) is 18.3. The molecule has 0 aromatic carbocycles. The van der Waals surface area contributed by atoms with E-state index in [1.807, 2.05) is 0 Å². The summed E-state index contributed by atoms with van der Waals surface area (Å²) in [6, 6.07) is 0. The van der Waals surface area contributed by atoms with Gasteiger partial charge < -0.3 is 14.8 Å². The summed E-state index contributed by atoms with van der Waals surface area (Å²) in [7, 11) is 0. The molecule has 2 N–H and O–H groups in total. The predicted molar refractivity (Wildman–Crippen MR) is 54.3 cm³/mol. The lowest BCUT2D eigenvalue weighted by atomic mass is 10.2. The zero-order valence-corrected chi connectivity index (χ0v) is 8.33. The molecule has 0 saturated heterocycles. The number of aliphatic hydroxyl groups excluding tert-OH is 1. The van der Waals surface area contributed by atoms with Crippen LogP contribution in [0.25, 0.3) is 0 Å². The van der Waals surface area contributed by atoms with Crippen LogP contribution in [0.5, 0.6) is 0 Å². The second-order valence-electron chi connectivity index (χ2n) is 3.19. The minimum Gasteiger partial charge on any atom is -0.480 e. The van der Waals surface area contributed by atoms with Crippen molar-refractivity contribution in [2.24, 2.45) is 0 Å². The fourth-order valence-corrected chi connectivity index (χ4v) is 1.30. The van der Waals surface area contributed by atoms with Crippen molar-refractivity contribution in [2.75, 3.05) is 0 Å². The fraction of sp³-hybridized carbons (Fsp3) is 0.400. The lowest BCUT2D eigenvalue weighted by molar-refractivity contribution is -0.137. The number of hydrogen-bond acceptors (Lipinski definition) is 3. The Morgan fingerprint density at radius 1 is 1.73 bits per heavy atom. The van der Waals surface area contributed by atoms with Crippen LogP contribution in [0.2, 0.25) is 0 Å². The molecule has 0 spiro atoms. The molecule has 1 atom stereocenters. The van der Waals surface area contributed by atoms with E-state index in [-0.39, 0.29) is 6.54 Å². The molecule has 5 nitrogen and oxygen atoms in total. The monoisotopic (exact) mass is 210 g/mol. The molecule has 1 aromatic rings. The SMILES string of the molecule is C=CCCC(O)c1nccn1CC(=O)O. The molecule has 0 amide bonds. The van der Waals surface area contributed by atoms with Crippen LogP contribution in [0.1, 0.15) is 24.8 Å². The first-order valence-electron chi connectivity index (χ1n) is 4.67. The number of aliphatic carboxylic acids is 1. The first-order valence-corrected chi connectivity index (χ1v) is 4.67. The van der Waals surface area contributed by atoms with Crippen molar-refractivity contribution in [2.45, 2.75) is 25.5 Å². The number of aromatic nitrogens is 2. The first-order chi connectivity index (χ1) is 7.15. The van der Waals surface area contributed by atoms with Crippen molar-refractivity contribution in [3.05, 3.63) is 30.9 Å². The Morgan fingerprint density at radius 3 is 3.07 bits per heavy atom. The minimum absolute atomic E-state index is 0.180. The summed E-state index contributed by atoms with van der Waals surface area (Å²) in [6.45, 7) is 3.37. The number of aliphatic hydroxyl groups is 1. The number of carboxylic acids is 1. The topological polar surface area (TPSA) is 75.4 Å². The molecule has 1 rings (SSSR count). The van der Waals surface area contributed by atoms with Crippen molar-refractivity contribution < 1.29 is 15.0 Å². The normalized spacial score (nSPS) is 12.3. The molecule has 0 aliphatic carbocycles. The Balaban J connectivity index is 2.70. The van der Waals surface area contributed by atoms with Crippen LogP contribution in [0, 0.1) is 0 Å². The number of imidazole rings is 1. The molecule has 0 fully saturated rings. The first kappa shape index (κ1) is 11.5. The van der Waals surface area contributed by atoms with Gasteiger partial charge in [0.1, 0.15) is 18.5 Å². The number of nitrogens with zero attached hydrogens (tertiary/aromatic N) is 2. The Labute approximate surface area is 87.7 Å². The van der Waals surface area contributed by atoms with E-state index < -0.39 is 12.1 Å². The van der Waals surface area contributed by atoms with E-state index >= 15 is 0 Å². The standard InChI is InChI=1S/C10H14N2O3/c1-2-3-4-8(13)10-11-5-6-12(10)7-9(14)15/h2,5-6,8,13H,1,3-4,7H2,(H,14,15). The molecular weight excluding hydrogens is 196 g/mol. The van der Waals surface area contributed by atoms with Crippen molar-refractivity contribution in [1.82, 2.24) is 9.55 Å². The van der Waals surface area contributed by atoms with E-state index in [0.717, 1.165) is 0 Å². The van der Waals surface area contributed by atoms with Crippen LogP contribution in [-0.2, 0) is 11.3 Å². The number of hydrogen-bond donors (Lipinski definition) is 2. The number of allylic oxidation sites excluding steroid dienone is 1. The molecule has 1 aromatic heterocycles. The summed E-state index contributed by atoms with van der Waals surface area (Å²) in [6.07, 6.45) is 5.16. The average Bonchev–Trinajstić information content (AvgIpc) is 2.61. The Kier molecular flexibility index (Phi) is 4.05. The van der Waals surface area contributed by atoms with Crippen LogP contribution in [0.3, 0.4) is 0 Å². The number of rotatable bonds is 6. The van der Waals surface area contributed by atoms with Gasteiger partial charge in [0, 0.05) is 12.4 Å². The van der Waals surface area contributed by atoms with Crippen LogP contribution >= 0.6 is 0 Å². The Bertz CT molecular complexity index is 346. The average molecular weight is 210 g/mol. The molecule has 0 aliphatic heterocycles. The van der Waals surface area contributed by atoms with Gasteiger partial charge in [-0.1, -0.05) is 6.08 Å². The summed E-state index contributed by atoms with van der Waals surface area (Å²) in [5.41, 5.74) is 0. The van der Waals surface area contributed by atoms with E-state index in [4.69, 9.17) is 5.11 Å². The lowest BCUT2D eigenvalue weighted by Crippen LogP contribution is -2.14. The highest BCUT2D eigenvalue weighted by Gasteiger charge is 2.14. The molecule has 82 valence electrons. The maximum absolute atomic E-state index is 10.5. The molecule has 1 unspecified atom stereocenters. The van der Waals surface area contributed by atoms with E-state index in [0.29, 0.717) is 18.7 Å². The molecule has 5 heteroatoms. The van der Waals surface area contributed by atoms with Crippen molar-refractivity contribution in [1.29, 1.82) is 0 Å². The number of carboxylic acid groups (broad SMARTS) is 1. The van der Waals surface area contributed by atoms with Gasteiger partial charge in [-0.25, -0.2) is 4.98 Å². The quantitative estimate of drug-likeness (QED) is 0.686. The predicted octanol–water partition coefficient (Wildman–Crippen LogP) is 0.967. The summed E-state index contributed by atoms with van der Waals surface area (Å²) in [4.78, 5) is 14.4. The zero-order chi connectivity index (χ0) is 11.3. The third-order valence-electron chi connectivity index (χ3n) is 2.00. The highest BCUT2D eigenvalue weighted by molar-refractivity contribution is 5.66. The smallest absolute Gasteiger partial charge is 0.323 e. The third kappa shape index (κ3) is 3.21. The van der Waals surface area contributed by atoms with Gasteiger partial charge in [-0.05, 0) is 12.8 Å². The van der Waals surface area contributed by atoms with Gasteiger partial charge >= 0.3 is 5.97 Å². The van der Waals surface area contributed by atoms with Crippen LogP contribution in [0.15, 0.2) is 25.0 Å². The van der Waals surface area contributed by atoms with Crippen molar-refractivity contribution in [3.8, 4) is 0 Å². The van der Waals surface area contributed by atoms with Crippen LogP contribution < -0.4 is 0 Å². The molecule has 0 aliphatic rings. The van der Waals surface area contributed by atoms with Crippen molar-refractivity contribution >= 4 is 5.97 Å². The zero-order valence-electron chi connectivity index (χ0n) is 8.33. The molecular formula is C10H14N2O3. The fourth-order valence-electron chi connectivity index (χ4n) is 1.30. The molecule has 0 bridgehead atoms. The third-order valence-corrected chi connectivity index (χ3v) is 2.00. The van der Waals surface area contributed by atoms with Gasteiger partial charge in [-0.15, -0.1) is 6.58 Å². The Morgan fingerprint density at radius 2 is 2.47 bits per heavy atom. The van der Waals surface area contributed by atoms with Gasteiger partial charge in [0.25, 0.3) is 0 Å². The maximum Gasteiger partial charge on any atom is 0.323 e. The van der Waals surface area contributed by atoms with E-state index in [9.17, 15) is 9.90 Å². The van der Waals surface area contributed by atoms with E-state index in [2.05, 4.69) is 11.6 Å². The van der Waals surface area contributed by atoms with Gasteiger partial charge in [0.15, 0.2) is 0 Å². The van der Waals surface area contributed by atoms with Gasteiger partial charge in [0.2, 0.25) is 0 Å². The Hall–Kier alpha value is -1.62. The maximum atomic E-state index is 10.5. The molecule has 0 radical (unpaired) electrons. The minimum atomic E-state index is -0.954. The van der Waals surface area contributed by atoms with Crippen LogP contribution in [-0.4, -0.2) is 25.7 Å². The summed E-state index contributed by atoms with van der Waals surface area (Å²) < 4.78 is 1.43. The van der Waals surface area contributed by atoms with Crippen molar-refractivity contribution in [3.63, 3.8) is 0 Å². The second kappa shape index (κ2) is 5.31. The highest BCUT2D eigenvalue weighted by Crippen LogP contribution is 2.16.